The smallest absolute Gasteiger partial charge is 0.306 e. The fourth-order valence-corrected chi connectivity index (χ4v) is 7.84. The Bertz CT molecular complexity index is 1180. The van der Waals surface area contributed by atoms with Crippen LogP contribution in [-0.4, -0.2) is 37.2 Å². The van der Waals surface area contributed by atoms with Gasteiger partial charge in [-0.05, 0) is 83.5 Å². The van der Waals surface area contributed by atoms with Gasteiger partial charge >= 0.3 is 17.9 Å². The fraction of sp³-hybridized carbons (Fsp3) is 0.780. The van der Waals surface area contributed by atoms with Crippen molar-refractivity contribution in [3.8, 4) is 0 Å². The maximum atomic E-state index is 12.8. The quantitative estimate of drug-likeness (QED) is 0.0262. The zero-order valence-corrected chi connectivity index (χ0v) is 43.0. The molecule has 0 aromatic carbocycles. The first-order valence-electron chi connectivity index (χ1n) is 27.8. The number of ether oxygens (including phenoxy) is 3. The maximum Gasteiger partial charge on any atom is 0.306 e. The van der Waals surface area contributed by atoms with Gasteiger partial charge in [0.1, 0.15) is 13.2 Å². The van der Waals surface area contributed by atoms with Crippen LogP contribution in [0.1, 0.15) is 278 Å². The molecule has 6 nitrogen and oxygen atoms in total. The molecule has 0 N–H and O–H groups in total. The lowest BCUT2D eigenvalue weighted by Gasteiger charge is -2.18. The first kappa shape index (κ1) is 62.1. The van der Waals surface area contributed by atoms with E-state index in [1.54, 1.807) is 0 Å². The highest BCUT2D eigenvalue weighted by Crippen LogP contribution is 2.16. The summed E-state index contributed by atoms with van der Waals surface area (Å²) in [7, 11) is 0. The minimum absolute atomic E-state index is 0.0845. The Balaban J connectivity index is 4.40. The van der Waals surface area contributed by atoms with Gasteiger partial charge in [-0.1, -0.05) is 236 Å². The lowest BCUT2D eigenvalue weighted by atomic mass is 10.0. The number of carbonyl (C=O) groups is 3. The van der Waals surface area contributed by atoms with Gasteiger partial charge in [0, 0.05) is 19.3 Å². The van der Waals surface area contributed by atoms with E-state index >= 15 is 0 Å². The third-order valence-corrected chi connectivity index (χ3v) is 12.0. The van der Waals surface area contributed by atoms with Gasteiger partial charge in [0.2, 0.25) is 0 Å². The van der Waals surface area contributed by atoms with Crippen LogP contribution in [-0.2, 0) is 28.6 Å². The Morgan fingerprint density at radius 1 is 0.323 bits per heavy atom. The van der Waals surface area contributed by atoms with Gasteiger partial charge in [-0.25, -0.2) is 0 Å². The normalized spacial score (nSPS) is 12.5. The third-order valence-electron chi connectivity index (χ3n) is 12.0. The number of hydrogen-bond donors (Lipinski definition) is 0. The van der Waals surface area contributed by atoms with Gasteiger partial charge in [-0.3, -0.25) is 14.4 Å². The van der Waals surface area contributed by atoms with Gasteiger partial charge in [0.15, 0.2) is 6.10 Å². The molecule has 0 fully saturated rings. The van der Waals surface area contributed by atoms with Gasteiger partial charge < -0.3 is 14.2 Å². The van der Waals surface area contributed by atoms with E-state index in [4.69, 9.17) is 14.2 Å². The molecule has 0 radical (unpaired) electrons. The molecule has 376 valence electrons. The predicted octanol–water partition coefficient (Wildman–Crippen LogP) is 18.4. The summed E-state index contributed by atoms with van der Waals surface area (Å²) in [4.78, 5) is 38.1. The minimum atomic E-state index is -0.788. The summed E-state index contributed by atoms with van der Waals surface area (Å²) in [5, 5.41) is 0. The van der Waals surface area contributed by atoms with E-state index in [0.29, 0.717) is 19.3 Å². The van der Waals surface area contributed by atoms with E-state index in [1.807, 2.05) is 0 Å². The molecule has 1 atom stereocenters. The zero-order chi connectivity index (χ0) is 47.2. The Morgan fingerprint density at radius 3 is 0.969 bits per heavy atom. The molecule has 0 aromatic heterocycles. The zero-order valence-electron chi connectivity index (χ0n) is 43.0. The van der Waals surface area contributed by atoms with Gasteiger partial charge in [-0.15, -0.1) is 0 Å². The lowest BCUT2D eigenvalue weighted by Crippen LogP contribution is -2.30. The molecule has 0 heterocycles. The van der Waals surface area contributed by atoms with Gasteiger partial charge in [0.05, 0.1) is 0 Å². The molecule has 0 aliphatic carbocycles. The van der Waals surface area contributed by atoms with Crippen molar-refractivity contribution < 1.29 is 28.6 Å². The highest BCUT2D eigenvalue weighted by Gasteiger charge is 2.19. The Kier molecular flexibility index (Phi) is 51.3. The van der Waals surface area contributed by atoms with Crippen molar-refractivity contribution in [2.24, 2.45) is 0 Å². The summed E-state index contributed by atoms with van der Waals surface area (Å²) in [5.41, 5.74) is 0. The molecule has 6 heteroatoms. The van der Waals surface area contributed by atoms with Crippen LogP contribution in [0.15, 0.2) is 60.8 Å². The highest BCUT2D eigenvalue weighted by molar-refractivity contribution is 5.71. The molecule has 0 aliphatic rings. The number of hydrogen-bond acceptors (Lipinski definition) is 6. The number of esters is 3. The van der Waals surface area contributed by atoms with Crippen molar-refractivity contribution in [2.45, 2.75) is 284 Å². The van der Waals surface area contributed by atoms with Crippen LogP contribution in [0.2, 0.25) is 0 Å². The van der Waals surface area contributed by atoms with Gasteiger partial charge in [-0.2, -0.15) is 0 Å². The minimum Gasteiger partial charge on any atom is -0.462 e. The molecule has 0 amide bonds. The largest absolute Gasteiger partial charge is 0.462 e. The summed E-state index contributed by atoms with van der Waals surface area (Å²) < 4.78 is 16.8. The SMILES string of the molecule is CC/C=C\C/C=C\C/C=C\C/C=C\CCCCCCC(=O)O[C@H](COC(=O)CCCCCCC/C=C\CCCCCC)COC(=O)CCCCCCCCCCCCCCCCCCC. The summed E-state index contributed by atoms with van der Waals surface area (Å²) in [6, 6.07) is 0. The molecular formula is C59H104O6. The summed E-state index contributed by atoms with van der Waals surface area (Å²) in [5.74, 6) is -0.908. The van der Waals surface area contributed by atoms with E-state index in [0.717, 1.165) is 103 Å². The molecule has 0 saturated carbocycles. The van der Waals surface area contributed by atoms with Crippen molar-refractivity contribution in [1.29, 1.82) is 0 Å². The van der Waals surface area contributed by atoms with Crippen molar-refractivity contribution in [3.05, 3.63) is 60.8 Å². The average molecular weight is 909 g/mol. The van der Waals surface area contributed by atoms with Crippen molar-refractivity contribution in [3.63, 3.8) is 0 Å². The Morgan fingerprint density at radius 2 is 0.600 bits per heavy atom. The molecule has 0 spiro atoms. The summed E-state index contributed by atoms with van der Waals surface area (Å²) in [6.07, 6.45) is 66.3. The predicted molar refractivity (Wildman–Crippen MR) is 279 cm³/mol. The molecule has 0 unspecified atom stereocenters. The summed E-state index contributed by atoms with van der Waals surface area (Å²) >= 11 is 0. The maximum absolute atomic E-state index is 12.8. The van der Waals surface area contributed by atoms with E-state index in [9.17, 15) is 14.4 Å². The van der Waals surface area contributed by atoms with Crippen LogP contribution in [0.3, 0.4) is 0 Å². The topological polar surface area (TPSA) is 78.9 Å². The van der Waals surface area contributed by atoms with E-state index in [-0.39, 0.29) is 31.1 Å². The van der Waals surface area contributed by atoms with Gasteiger partial charge in [0.25, 0.3) is 0 Å². The number of allylic oxidation sites excluding steroid dienone is 10. The lowest BCUT2D eigenvalue weighted by molar-refractivity contribution is -0.167. The first-order valence-corrected chi connectivity index (χ1v) is 27.8. The molecule has 65 heavy (non-hydrogen) atoms. The van der Waals surface area contributed by atoms with Crippen LogP contribution in [0.4, 0.5) is 0 Å². The highest BCUT2D eigenvalue weighted by atomic mass is 16.6. The van der Waals surface area contributed by atoms with Crippen molar-refractivity contribution in [1.82, 2.24) is 0 Å². The second-order valence-corrected chi connectivity index (χ2v) is 18.5. The van der Waals surface area contributed by atoms with E-state index in [2.05, 4.69) is 81.5 Å². The van der Waals surface area contributed by atoms with Crippen molar-refractivity contribution >= 4 is 17.9 Å². The number of unbranched alkanes of at least 4 members (excludes halogenated alkanes) is 29. The standard InChI is InChI=1S/C59H104O6/c1-4-7-10-13-16-19-22-25-27-29-31-34-37-40-43-46-49-52-58(61)64-55-56(54-63-57(60)51-48-45-42-39-36-33-24-21-18-15-12-9-6-3)65-59(62)53-50-47-44-41-38-35-32-30-28-26-23-20-17-14-11-8-5-2/h8,11,17,20-21,24,26,28,32,35,56H,4-7,9-10,12-16,18-19,22-23,25,27,29-31,33-34,36-55H2,1-3H3/b11-8-,20-17-,24-21-,28-26-,35-32-/t56-/m1/s1. The van der Waals surface area contributed by atoms with Crippen LogP contribution in [0.5, 0.6) is 0 Å². The van der Waals surface area contributed by atoms with Crippen LogP contribution in [0, 0.1) is 0 Å². The molecule has 0 aromatic rings. The Hall–Kier alpha value is -2.89. The van der Waals surface area contributed by atoms with Crippen LogP contribution >= 0.6 is 0 Å². The van der Waals surface area contributed by atoms with E-state index in [1.165, 1.54) is 135 Å². The van der Waals surface area contributed by atoms with Crippen molar-refractivity contribution in [2.75, 3.05) is 13.2 Å². The average Bonchev–Trinajstić information content (AvgIpc) is 3.30. The number of carbonyl (C=O) groups excluding carboxylic acids is 3. The second kappa shape index (κ2) is 53.7. The molecule has 0 saturated heterocycles. The molecule has 0 rings (SSSR count). The fourth-order valence-electron chi connectivity index (χ4n) is 7.84. The number of rotatable bonds is 50. The third kappa shape index (κ3) is 51.9. The second-order valence-electron chi connectivity index (χ2n) is 18.5. The molecular weight excluding hydrogens is 805 g/mol. The Labute approximate surface area is 402 Å². The molecule has 0 aliphatic heterocycles. The molecule has 0 bridgehead atoms. The monoisotopic (exact) mass is 909 g/mol. The van der Waals surface area contributed by atoms with E-state index < -0.39 is 6.10 Å². The first-order chi connectivity index (χ1) is 32.0. The van der Waals surface area contributed by atoms with Crippen LogP contribution in [0.25, 0.3) is 0 Å². The van der Waals surface area contributed by atoms with Crippen LogP contribution < -0.4 is 0 Å². The summed E-state index contributed by atoms with van der Waals surface area (Å²) in [6.45, 7) is 6.51.